The molecule has 0 bridgehead atoms. The predicted molar refractivity (Wildman–Crippen MR) is 70.7 cm³/mol. The topological polar surface area (TPSA) is 33.3 Å². The molecule has 2 rings (SSSR count). The van der Waals surface area contributed by atoms with Gasteiger partial charge in [0, 0.05) is 23.2 Å². The molecule has 3 nitrogen and oxygen atoms in total. The molecule has 4 heteroatoms. The van der Waals surface area contributed by atoms with Gasteiger partial charge in [0.25, 0.3) is 0 Å². The summed E-state index contributed by atoms with van der Waals surface area (Å²) in [5, 5.41) is 7.67. The van der Waals surface area contributed by atoms with Gasteiger partial charge >= 0.3 is 0 Å². The first kappa shape index (κ1) is 12.7. The molecule has 0 aromatic heterocycles. The monoisotopic (exact) mass is 254 g/mol. The van der Waals surface area contributed by atoms with Crippen molar-refractivity contribution in [3.05, 3.63) is 28.8 Å². The van der Waals surface area contributed by atoms with Crippen LogP contribution in [0.2, 0.25) is 5.02 Å². The summed E-state index contributed by atoms with van der Waals surface area (Å²) in [4.78, 5) is 0. The van der Waals surface area contributed by atoms with Crippen LogP contribution >= 0.6 is 11.6 Å². The van der Waals surface area contributed by atoms with E-state index >= 15 is 0 Å². The van der Waals surface area contributed by atoms with Crippen LogP contribution in [0.25, 0.3) is 0 Å². The smallest absolute Gasteiger partial charge is 0.124 e. The van der Waals surface area contributed by atoms with Gasteiger partial charge in [-0.25, -0.2) is 0 Å². The van der Waals surface area contributed by atoms with E-state index in [1.165, 1.54) is 12.8 Å². The molecule has 0 unspecified atom stereocenters. The number of methoxy groups -OCH3 is 1. The highest BCUT2D eigenvalue weighted by atomic mass is 35.5. The van der Waals surface area contributed by atoms with Crippen molar-refractivity contribution in [1.29, 1.82) is 0 Å². The molecule has 17 heavy (non-hydrogen) atoms. The van der Waals surface area contributed by atoms with Crippen molar-refractivity contribution in [3.8, 4) is 5.75 Å². The number of piperidine rings is 1. The van der Waals surface area contributed by atoms with Crippen molar-refractivity contribution in [2.24, 2.45) is 0 Å². The molecule has 94 valence electrons. The van der Waals surface area contributed by atoms with Gasteiger partial charge in [0.2, 0.25) is 0 Å². The third-order valence-corrected chi connectivity index (χ3v) is 3.56. The maximum absolute atomic E-state index is 6.19. The molecule has 1 fully saturated rings. The van der Waals surface area contributed by atoms with Crippen molar-refractivity contribution in [1.82, 2.24) is 10.6 Å². The van der Waals surface area contributed by atoms with Gasteiger partial charge in [0.1, 0.15) is 5.75 Å². The van der Waals surface area contributed by atoms with Crippen molar-refractivity contribution >= 4 is 11.6 Å². The summed E-state index contributed by atoms with van der Waals surface area (Å²) in [5.41, 5.74) is 1.05. The number of hydrogen-bond donors (Lipinski definition) is 2. The van der Waals surface area contributed by atoms with Crippen molar-refractivity contribution in [3.63, 3.8) is 0 Å². The van der Waals surface area contributed by atoms with Crippen LogP contribution in [0.4, 0.5) is 0 Å². The minimum Gasteiger partial charge on any atom is -0.496 e. The Morgan fingerprint density at radius 2 is 2.18 bits per heavy atom. The minimum absolute atomic E-state index is 0.581. The Labute approximate surface area is 107 Å². The molecule has 0 atom stereocenters. The number of rotatable bonds is 4. The molecule has 2 N–H and O–H groups in total. The van der Waals surface area contributed by atoms with Gasteiger partial charge in [-0.15, -0.1) is 0 Å². The van der Waals surface area contributed by atoms with Gasteiger partial charge in [0.15, 0.2) is 0 Å². The van der Waals surface area contributed by atoms with Crippen LogP contribution in [0.3, 0.4) is 0 Å². The van der Waals surface area contributed by atoms with Crippen molar-refractivity contribution in [2.75, 3.05) is 20.2 Å². The van der Waals surface area contributed by atoms with E-state index in [2.05, 4.69) is 10.6 Å². The average Bonchev–Trinajstić information content (AvgIpc) is 2.38. The first-order valence-corrected chi connectivity index (χ1v) is 6.44. The van der Waals surface area contributed by atoms with E-state index in [-0.39, 0.29) is 0 Å². The number of halogens is 1. The Kier molecular flexibility index (Phi) is 4.66. The molecule has 0 saturated carbocycles. The van der Waals surface area contributed by atoms with Crippen LogP contribution in [0.15, 0.2) is 18.2 Å². The molecular weight excluding hydrogens is 236 g/mol. The molecule has 1 aliphatic heterocycles. The Balaban J connectivity index is 1.97. The zero-order valence-electron chi connectivity index (χ0n) is 10.1. The Morgan fingerprint density at radius 3 is 2.88 bits per heavy atom. The Hall–Kier alpha value is -0.770. The lowest BCUT2D eigenvalue weighted by Crippen LogP contribution is -2.39. The number of benzene rings is 1. The van der Waals surface area contributed by atoms with Gasteiger partial charge in [0.05, 0.1) is 7.11 Å². The number of nitrogens with one attached hydrogen (secondary N) is 2. The molecule has 1 saturated heterocycles. The lowest BCUT2D eigenvalue weighted by molar-refractivity contribution is 0.376. The molecule has 1 heterocycles. The van der Waals surface area contributed by atoms with E-state index in [0.717, 1.165) is 36.0 Å². The summed E-state index contributed by atoms with van der Waals surface area (Å²) in [6.07, 6.45) is 2.35. The summed E-state index contributed by atoms with van der Waals surface area (Å²) in [6, 6.07) is 6.35. The van der Waals surface area contributed by atoms with Crippen LogP contribution in [0.5, 0.6) is 5.75 Å². The molecular formula is C13H19ClN2O. The van der Waals surface area contributed by atoms with E-state index in [0.29, 0.717) is 6.04 Å². The van der Waals surface area contributed by atoms with E-state index in [1.54, 1.807) is 7.11 Å². The molecule has 0 spiro atoms. The van der Waals surface area contributed by atoms with Crippen LogP contribution in [-0.4, -0.2) is 26.2 Å². The van der Waals surface area contributed by atoms with Crippen molar-refractivity contribution < 1.29 is 4.74 Å². The molecule has 1 aromatic carbocycles. The standard InChI is InChI=1S/C13H19ClN2O/c1-17-13-4-2-3-12(14)11(13)9-16-10-5-7-15-8-6-10/h2-4,10,15-16H,5-9H2,1H3. The summed E-state index contributed by atoms with van der Waals surface area (Å²) >= 11 is 6.19. The van der Waals surface area contributed by atoms with Crippen molar-refractivity contribution in [2.45, 2.75) is 25.4 Å². The lowest BCUT2D eigenvalue weighted by atomic mass is 10.1. The second-order valence-corrected chi connectivity index (χ2v) is 4.73. The number of hydrogen-bond acceptors (Lipinski definition) is 3. The Bertz CT molecular complexity index is 364. The summed E-state index contributed by atoms with van der Waals surface area (Å²) in [7, 11) is 1.68. The number of ether oxygens (including phenoxy) is 1. The molecule has 1 aromatic rings. The second kappa shape index (κ2) is 6.24. The largest absolute Gasteiger partial charge is 0.496 e. The second-order valence-electron chi connectivity index (χ2n) is 4.33. The van der Waals surface area contributed by atoms with Crippen LogP contribution in [0, 0.1) is 0 Å². The van der Waals surface area contributed by atoms with E-state index < -0.39 is 0 Å². The highest BCUT2D eigenvalue weighted by molar-refractivity contribution is 6.31. The maximum atomic E-state index is 6.19. The predicted octanol–water partition coefficient (Wildman–Crippen LogP) is 2.19. The lowest BCUT2D eigenvalue weighted by Gasteiger charge is -2.24. The Morgan fingerprint density at radius 1 is 1.41 bits per heavy atom. The van der Waals surface area contributed by atoms with Gasteiger partial charge in [-0.1, -0.05) is 17.7 Å². The van der Waals surface area contributed by atoms with Gasteiger partial charge in [-0.2, -0.15) is 0 Å². The third-order valence-electron chi connectivity index (χ3n) is 3.20. The molecule has 0 aliphatic carbocycles. The first-order valence-electron chi connectivity index (χ1n) is 6.06. The summed E-state index contributed by atoms with van der Waals surface area (Å²) < 4.78 is 5.33. The zero-order chi connectivity index (χ0) is 12.1. The average molecular weight is 255 g/mol. The van der Waals surface area contributed by atoms with Gasteiger partial charge < -0.3 is 15.4 Å². The van der Waals surface area contributed by atoms with E-state index in [1.807, 2.05) is 18.2 Å². The highest BCUT2D eigenvalue weighted by Gasteiger charge is 2.14. The van der Waals surface area contributed by atoms with Gasteiger partial charge in [-0.05, 0) is 38.1 Å². The third kappa shape index (κ3) is 3.35. The van der Waals surface area contributed by atoms with Crippen LogP contribution in [0.1, 0.15) is 18.4 Å². The quantitative estimate of drug-likeness (QED) is 0.864. The maximum Gasteiger partial charge on any atom is 0.124 e. The van der Waals surface area contributed by atoms with E-state index in [4.69, 9.17) is 16.3 Å². The molecule has 0 amide bonds. The summed E-state index contributed by atoms with van der Waals surface area (Å²) in [5.74, 6) is 0.860. The highest BCUT2D eigenvalue weighted by Crippen LogP contribution is 2.26. The normalized spacial score (nSPS) is 17.1. The van der Waals surface area contributed by atoms with Gasteiger partial charge in [-0.3, -0.25) is 0 Å². The zero-order valence-corrected chi connectivity index (χ0v) is 10.9. The fourth-order valence-electron chi connectivity index (χ4n) is 2.17. The SMILES string of the molecule is COc1cccc(Cl)c1CNC1CCNCC1. The first-order chi connectivity index (χ1) is 8.31. The minimum atomic E-state index is 0.581. The fraction of sp³-hybridized carbons (Fsp3) is 0.538. The molecule has 1 aliphatic rings. The van der Waals surface area contributed by atoms with Crippen LogP contribution < -0.4 is 15.4 Å². The van der Waals surface area contributed by atoms with Crippen LogP contribution in [-0.2, 0) is 6.54 Å². The van der Waals surface area contributed by atoms with E-state index in [9.17, 15) is 0 Å². The molecule has 0 radical (unpaired) electrons. The fourth-order valence-corrected chi connectivity index (χ4v) is 2.41. The summed E-state index contributed by atoms with van der Waals surface area (Å²) in [6.45, 7) is 2.96.